The van der Waals surface area contributed by atoms with E-state index in [1.807, 2.05) is 17.9 Å². The Hall–Kier alpha value is -1.13. The van der Waals surface area contributed by atoms with Gasteiger partial charge in [-0.25, -0.2) is 0 Å². The molecule has 0 aliphatic rings. The lowest BCUT2D eigenvalue weighted by Gasteiger charge is -2.19. The highest BCUT2D eigenvalue weighted by atomic mass is 79.9. The van der Waals surface area contributed by atoms with Crippen LogP contribution in [0.15, 0.2) is 34.9 Å². The van der Waals surface area contributed by atoms with Crippen LogP contribution in [0.5, 0.6) is 0 Å². The van der Waals surface area contributed by atoms with Crippen molar-refractivity contribution < 1.29 is 0 Å². The summed E-state index contributed by atoms with van der Waals surface area (Å²) in [6, 6.07) is 8.72. The zero-order valence-electron chi connectivity index (χ0n) is 10.9. The van der Waals surface area contributed by atoms with Gasteiger partial charge in [0.1, 0.15) is 0 Å². The van der Waals surface area contributed by atoms with Gasteiger partial charge in [0.15, 0.2) is 0 Å². The van der Waals surface area contributed by atoms with E-state index in [0.29, 0.717) is 0 Å². The molecule has 0 radical (unpaired) electrons. The number of halogens is 1. The summed E-state index contributed by atoms with van der Waals surface area (Å²) in [6.07, 6.45) is 1.86. The van der Waals surface area contributed by atoms with Crippen LogP contribution in [0.3, 0.4) is 0 Å². The first-order chi connectivity index (χ1) is 8.65. The Labute approximate surface area is 116 Å². The Kier molecular flexibility index (Phi) is 4.19. The molecule has 1 N–H and O–H groups in total. The second kappa shape index (κ2) is 5.67. The van der Waals surface area contributed by atoms with Crippen molar-refractivity contribution in [2.45, 2.75) is 26.4 Å². The summed E-state index contributed by atoms with van der Waals surface area (Å²) in [5, 5.41) is 7.71. The van der Waals surface area contributed by atoms with E-state index >= 15 is 0 Å². The highest BCUT2D eigenvalue weighted by Crippen LogP contribution is 2.25. The minimum atomic E-state index is 0.170. The molecular formula is C14H18BrN3. The van der Waals surface area contributed by atoms with E-state index in [0.717, 1.165) is 11.0 Å². The molecule has 1 heterocycles. The van der Waals surface area contributed by atoms with Crippen LogP contribution in [0.4, 0.5) is 0 Å². The zero-order valence-corrected chi connectivity index (χ0v) is 12.5. The second-order valence-electron chi connectivity index (χ2n) is 4.36. The van der Waals surface area contributed by atoms with E-state index in [4.69, 9.17) is 0 Å². The predicted octanol–water partition coefficient (Wildman–Crippen LogP) is 3.28. The molecular weight excluding hydrogens is 290 g/mol. The normalized spacial score (nSPS) is 12.7. The van der Waals surface area contributed by atoms with Crippen LogP contribution in [0.2, 0.25) is 0 Å². The number of rotatable bonds is 4. The molecule has 18 heavy (non-hydrogen) atoms. The summed E-state index contributed by atoms with van der Waals surface area (Å²) in [5.74, 6) is 0. The largest absolute Gasteiger partial charge is 0.308 e. The number of aromatic nitrogens is 2. The quantitative estimate of drug-likeness (QED) is 0.939. The molecule has 1 aromatic heterocycles. The summed E-state index contributed by atoms with van der Waals surface area (Å²) in [7, 11) is 1.98. The molecule has 1 atom stereocenters. The van der Waals surface area contributed by atoms with Gasteiger partial charge in [-0.2, -0.15) is 5.10 Å². The Morgan fingerprint density at radius 3 is 2.78 bits per heavy atom. The first-order valence-corrected chi connectivity index (χ1v) is 6.91. The monoisotopic (exact) mass is 307 g/mol. The van der Waals surface area contributed by atoms with E-state index < -0.39 is 0 Å². The first-order valence-electron chi connectivity index (χ1n) is 6.11. The Morgan fingerprint density at radius 1 is 1.39 bits per heavy atom. The van der Waals surface area contributed by atoms with Gasteiger partial charge in [0.25, 0.3) is 0 Å². The van der Waals surface area contributed by atoms with Crippen LogP contribution in [0, 0.1) is 6.92 Å². The van der Waals surface area contributed by atoms with E-state index in [1.54, 1.807) is 0 Å². The molecule has 1 unspecified atom stereocenters. The summed E-state index contributed by atoms with van der Waals surface area (Å²) >= 11 is 3.56. The second-order valence-corrected chi connectivity index (χ2v) is 5.27. The molecule has 0 saturated heterocycles. The van der Waals surface area contributed by atoms with Crippen LogP contribution in [-0.4, -0.2) is 16.8 Å². The molecule has 0 spiro atoms. The number of aryl methyl sites for hydroxylation is 2. The molecule has 2 rings (SSSR count). The third-order valence-corrected chi connectivity index (χ3v) is 3.49. The SMILES string of the molecule is CCn1nccc1C(NC)c1cc(C)cc(Br)c1. The van der Waals surface area contributed by atoms with Gasteiger partial charge in [0, 0.05) is 17.2 Å². The molecule has 0 amide bonds. The summed E-state index contributed by atoms with van der Waals surface area (Å²) in [4.78, 5) is 0. The Morgan fingerprint density at radius 2 is 2.17 bits per heavy atom. The van der Waals surface area contributed by atoms with Gasteiger partial charge in [0.05, 0.1) is 11.7 Å². The lowest BCUT2D eigenvalue weighted by molar-refractivity contribution is 0.563. The van der Waals surface area contributed by atoms with Crippen LogP contribution in [-0.2, 0) is 6.54 Å². The Bertz CT molecular complexity index is 513. The standard InChI is InChI=1S/C14H18BrN3/c1-4-18-13(5-6-17-18)14(16-3)11-7-10(2)8-12(15)9-11/h5-9,14,16H,4H2,1-3H3. The molecule has 4 heteroatoms. The highest BCUT2D eigenvalue weighted by Gasteiger charge is 2.16. The van der Waals surface area contributed by atoms with E-state index in [-0.39, 0.29) is 6.04 Å². The fourth-order valence-electron chi connectivity index (χ4n) is 2.27. The van der Waals surface area contributed by atoms with Gasteiger partial charge in [-0.1, -0.05) is 22.0 Å². The van der Waals surface area contributed by atoms with Crippen molar-refractivity contribution >= 4 is 15.9 Å². The van der Waals surface area contributed by atoms with Crippen LogP contribution in [0.25, 0.3) is 0 Å². The molecule has 1 aromatic carbocycles. The van der Waals surface area contributed by atoms with E-state index in [2.05, 4.69) is 64.5 Å². The summed E-state index contributed by atoms with van der Waals surface area (Å²) in [5.41, 5.74) is 3.69. The molecule has 0 saturated carbocycles. The predicted molar refractivity (Wildman–Crippen MR) is 77.7 cm³/mol. The van der Waals surface area contributed by atoms with E-state index in [9.17, 15) is 0 Å². The van der Waals surface area contributed by atoms with Gasteiger partial charge in [-0.15, -0.1) is 0 Å². The average molecular weight is 308 g/mol. The van der Waals surface area contributed by atoms with Crippen molar-refractivity contribution in [2.75, 3.05) is 7.05 Å². The number of hydrogen-bond acceptors (Lipinski definition) is 2. The molecule has 0 aliphatic heterocycles. The van der Waals surface area contributed by atoms with E-state index in [1.165, 1.54) is 16.8 Å². The average Bonchev–Trinajstić information content (AvgIpc) is 2.77. The third kappa shape index (κ3) is 2.65. The molecule has 0 bridgehead atoms. The first kappa shape index (κ1) is 13.3. The van der Waals surface area contributed by atoms with Gasteiger partial charge in [-0.05, 0) is 50.2 Å². The topological polar surface area (TPSA) is 29.9 Å². The lowest BCUT2D eigenvalue weighted by atomic mass is 10.0. The van der Waals surface area contributed by atoms with Gasteiger partial charge >= 0.3 is 0 Å². The molecule has 3 nitrogen and oxygen atoms in total. The number of hydrogen-bond donors (Lipinski definition) is 1. The maximum absolute atomic E-state index is 4.34. The summed E-state index contributed by atoms with van der Waals surface area (Å²) in [6.45, 7) is 5.10. The van der Waals surface area contributed by atoms with Gasteiger partial charge in [-0.3, -0.25) is 4.68 Å². The molecule has 0 aliphatic carbocycles. The van der Waals surface area contributed by atoms with Gasteiger partial charge < -0.3 is 5.32 Å². The van der Waals surface area contributed by atoms with Crippen molar-refractivity contribution in [1.82, 2.24) is 15.1 Å². The number of benzene rings is 1. The van der Waals surface area contributed by atoms with Crippen molar-refractivity contribution in [3.05, 3.63) is 51.8 Å². The van der Waals surface area contributed by atoms with Crippen molar-refractivity contribution in [3.8, 4) is 0 Å². The maximum atomic E-state index is 4.34. The number of nitrogens with one attached hydrogen (secondary N) is 1. The van der Waals surface area contributed by atoms with Crippen molar-refractivity contribution in [3.63, 3.8) is 0 Å². The van der Waals surface area contributed by atoms with Gasteiger partial charge in [0.2, 0.25) is 0 Å². The fraction of sp³-hybridized carbons (Fsp3) is 0.357. The third-order valence-electron chi connectivity index (χ3n) is 3.03. The smallest absolute Gasteiger partial charge is 0.0746 e. The molecule has 0 fully saturated rings. The van der Waals surface area contributed by atoms with Crippen molar-refractivity contribution in [2.24, 2.45) is 0 Å². The number of nitrogens with zero attached hydrogens (tertiary/aromatic N) is 2. The molecule has 96 valence electrons. The minimum absolute atomic E-state index is 0.170. The minimum Gasteiger partial charge on any atom is -0.308 e. The van der Waals surface area contributed by atoms with Crippen LogP contribution in [0.1, 0.15) is 29.8 Å². The van der Waals surface area contributed by atoms with Crippen LogP contribution < -0.4 is 5.32 Å². The maximum Gasteiger partial charge on any atom is 0.0746 e. The zero-order chi connectivity index (χ0) is 13.1. The van der Waals surface area contributed by atoms with Crippen LogP contribution >= 0.6 is 15.9 Å². The molecule has 2 aromatic rings. The Balaban J connectivity index is 2.45. The summed E-state index contributed by atoms with van der Waals surface area (Å²) < 4.78 is 3.14. The van der Waals surface area contributed by atoms with Crippen molar-refractivity contribution in [1.29, 1.82) is 0 Å². The highest BCUT2D eigenvalue weighted by molar-refractivity contribution is 9.10. The lowest BCUT2D eigenvalue weighted by Crippen LogP contribution is -2.21. The fourth-order valence-corrected chi connectivity index (χ4v) is 2.89.